The number of amides is 2. The van der Waals surface area contributed by atoms with Crippen molar-refractivity contribution in [3.05, 3.63) is 29.6 Å². The highest BCUT2D eigenvalue weighted by Gasteiger charge is 2.17. The van der Waals surface area contributed by atoms with Crippen LogP contribution >= 0.6 is 0 Å². The van der Waals surface area contributed by atoms with Crippen LogP contribution in [0.2, 0.25) is 0 Å². The molecule has 98 valence electrons. The minimum absolute atomic E-state index is 0.183. The Hall–Kier alpha value is -1.62. The van der Waals surface area contributed by atoms with Crippen LogP contribution in [0.25, 0.3) is 0 Å². The predicted octanol–water partition coefficient (Wildman–Crippen LogP) is 2.35. The van der Waals surface area contributed by atoms with E-state index in [1.165, 1.54) is 12.1 Å². The number of hydrogen-bond acceptors (Lipinski definition) is 2. The van der Waals surface area contributed by atoms with Crippen molar-refractivity contribution in [1.82, 2.24) is 5.32 Å². The van der Waals surface area contributed by atoms with Gasteiger partial charge in [0.25, 0.3) is 0 Å². The summed E-state index contributed by atoms with van der Waals surface area (Å²) in [6.45, 7) is 0.283. The molecule has 1 aliphatic rings. The van der Waals surface area contributed by atoms with Gasteiger partial charge in [0.05, 0.1) is 5.69 Å². The number of halogens is 1. The summed E-state index contributed by atoms with van der Waals surface area (Å²) in [7, 11) is 0. The average Bonchev–Trinajstić information content (AvgIpc) is 2.84. The minimum atomic E-state index is -0.459. The molecule has 0 spiro atoms. The van der Waals surface area contributed by atoms with E-state index in [-0.39, 0.29) is 24.3 Å². The third kappa shape index (κ3) is 3.20. The van der Waals surface area contributed by atoms with Crippen molar-refractivity contribution in [3.63, 3.8) is 0 Å². The number of benzene rings is 1. The SMILES string of the molecule is NCc1ccc(NC(=O)NC2CCCC2)c(F)c1. The number of anilines is 1. The van der Waals surface area contributed by atoms with E-state index in [4.69, 9.17) is 5.73 Å². The Labute approximate surface area is 106 Å². The maximum absolute atomic E-state index is 13.6. The van der Waals surface area contributed by atoms with Crippen molar-refractivity contribution in [2.45, 2.75) is 38.3 Å². The first-order chi connectivity index (χ1) is 8.69. The Bertz CT molecular complexity index is 430. The largest absolute Gasteiger partial charge is 0.335 e. The Morgan fingerprint density at radius 1 is 1.39 bits per heavy atom. The van der Waals surface area contributed by atoms with Gasteiger partial charge < -0.3 is 16.4 Å². The monoisotopic (exact) mass is 251 g/mol. The molecule has 0 unspecified atom stereocenters. The van der Waals surface area contributed by atoms with Gasteiger partial charge in [-0.1, -0.05) is 18.9 Å². The lowest BCUT2D eigenvalue weighted by molar-refractivity contribution is 0.248. The van der Waals surface area contributed by atoms with Crippen molar-refractivity contribution >= 4 is 11.7 Å². The highest BCUT2D eigenvalue weighted by atomic mass is 19.1. The molecule has 2 amide bonds. The van der Waals surface area contributed by atoms with Gasteiger partial charge in [0.1, 0.15) is 5.82 Å². The second kappa shape index (κ2) is 5.82. The van der Waals surface area contributed by atoms with Gasteiger partial charge in [-0.15, -0.1) is 0 Å². The van der Waals surface area contributed by atoms with Crippen LogP contribution in [0.5, 0.6) is 0 Å². The number of carbonyl (C=O) groups excluding carboxylic acids is 1. The van der Waals surface area contributed by atoms with Crippen molar-refractivity contribution in [1.29, 1.82) is 0 Å². The van der Waals surface area contributed by atoms with Crippen LogP contribution in [0, 0.1) is 5.82 Å². The van der Waals surface area contributed by atoms with E-state index in [0.29, 0.717) is 5.56 Å². The third-order valence-electron chi connectivity index (χ3n) is 3.21. The lowest BCUT2D eigenvalue weighted by atomic mass is 10.2. The zero-order chi connectivity index (χ0) is 13.0. The summed E-state index contributed by atoms with van der Waals surface area (Å²) in [4.78, 5) is 11.7. The number of carbonyl (C=O) groups is 1. The summed E-state index contributed by atoms with van der Waals surface area (Å²) < 4.78 is 13.6. The van der Waals surface area contributed by atoms with E-state index in [1.807, 2.05) is 0 Å². The van der Waals surface area contributed by atoms with Crippen LogP contribution in [0.3, 0.4) is 0 Å². The quantitative estimate of drug-likeness (QED) is 0.772. The molecule has 4 N–H and O–H groups in total. The molecule has 1 aliphatic carbocycles. The van der Waals surface area contributed by atoms with E-state index < -0.39 is 5.82 Å². The van der Waals surface area contributed by atoms with Gasteiger partial charge in [-0.3, -0.25) is 0 Å². The van der Waals surface area contributed by atoms with Crippen LogP contribution < -0.4 is 16.4 Å². The Morgan fingerprint density at radius 3 is 2.72 bits per heavy atom. The van der Waals surface area contributed by atoms with Crippen LogP contribution in [0.1, 0.15) is 31.2 Å². The molecular weight excluding hydrogens is 233 g/mol. The Morgan fingerprint density at radius 2 is 2.11 bits per heavy atom. The van der Waals surface area contributed by atoms with E-state index in [9.17, 15) is 9.18 Å². The van der Waals surface area contributed by atoms with E-state index >= 15 is 0 Å². The van der Waals surface area contributed by atoms with Gasteiger partial charge >= 0.3 is 6.03 Å². The van der Waals surface area contributed by atoms with Crippen molar-refractivity contribution in [2.24, 2.45) is 5.73 Å². The van der Waals surface area contributed by atoms with Gasteiger partial charge in [0, 0.05) is 12.6 Å². The smallest absolute Gasteiger partial charge is 0.319 e. The molecular formula is C13H18FN3O. The van der Waals surface area contributed by atoms with E-state index in [0.717, 1.165) is 25.7 Å². The molecule has 0 aliphatic heterocycles. The first-order valence-corrected chi connectivity index (χ1v) is 6.25. The fourth-order valence-electron chi connectivity index (χ4n) is 2.20. The zero-order valence-corrected chi connectivity index (χ0v) is 10.2. The van der Waals surface area contributed by atoms with Crippen molar-refractivity contribution in [2.75, 3.05) is 5.32 Å². The average molecular weight is 251 g/mol. The maximum Gasteiger partial charge on any atom is 0.319 e. The second-order valence-electron chi connectivity index (χ2n) is 4.60. The lowest BCUT2D eigenvalue weighted by Gasteiger charge is -2.13. The number of urea groups is 1. The molecule has 1 saturated carbocycles. The van der Waals surface area contributed by atoms with Gasteiger partial charge in [-0.05, 0) is 30.5 Å². The first-order valence-electron chi connectivity index (χ1n) is 6.25. The van der Waals surface area contributed by atoms with Gasteiger partial charge in [0.2, 0.25) is 0 Å². The molecule has 0 saturated heterocycles. The summed E-state index contributed by atoms with van der Waals surface area (Å²) >= 11 is 0. The van der Waals surface area contributed by atoms with E-state index in [2.05, 4.69) is 10.6 Å². The number of rotatable bonds is 3. The fraction of sp³-hybridized carbons (Fsp3) is 0.462. The van der Waals surface area contributed by atoms with Crippen LogP contribution in [0.4, 0.5) is 14.9 Å². The highest BCUT2D eigenvalue weighted by molar-refractivity contribution is 5.89. The standard InChI is InChI=1S/C13H18FN3O/c14-11-7-9(8-15)5-6-12(11)17-13(18)16-10-3-1-2-4-10/h5-7,10H,1-4,8,15H2,(H2,16,17,18). The van der Waals surface area contributed by atoms with Crippen LogP contribution in [-0.2, 0) is 6.54 Å². The Kier molecular flexibility index (Phi) is 4.15. The molecule has 0 radical (unpaired) electrons. The summed E-state index contributed by atoms with van der Waals surface area (Å²) in [5.74, 6) is -0.459. The highest BCUT2D eigenvalue weighted by Crippen LogP contribution is 2.19. The summed E-state index contributed by atoms with van der Waals surface area (Å²) in [6.07, 6.45) is 4.29. The molecule has 1 aromatic rings. The topological polar surface area (TPSA) is 67.1 Å². The van der Waals surface area contributed by atoms with Gasteiger partial charge in [-0.25, -0.2) is 9.18 Å². The van der Waals surface area contributed by atoms with E-state index in [1.54, 1.807) is 6.07 Å². The van der Waals surface area contributed by atoms with Crippen molar-refractivity contribution in [3.8, 4) is 0 Å². The van der Waals surface area contributed by atoms with Gasteiger partial charge in [-0.2, -0.15) is 0 Å². The molecule has 0 bridgehead atoms. The second-order valence-corrected chi connectivity index (χ2v) is 4.60. The predicted molar refractivity (Wildman–Crippen MR) is 68.7 cm³/mol. The minimum Gasteiger partial charge on any atom is -0.335 e. The summed E-state index contributed by atoms with van der Waals surface area (Å²) in [6, 6.07) is 4.45. The maximum atomic E-state index is 13.6. The molecule has 2 rings (SSSR count). The van der Waals surface area contributed by atoms with Crippen molar-refractivity contribution < 1.29 is 9.18 Å². The van der Waals surface area contributed by atoms with Crippen LogP contribution in [0.15, 0.2) is 18.2 Å². The number of nitrogens with one attached hydrogen (secondary N) is 2. The first kappa shape index (κ1) is 12.8. The molecule has 5 heteroatoms. The molecule has 18 heavy (non-hydrogen) atoms. The molecule has 0 heterocycles. The van der Waals surface area contributed by atoms with Gasteiger partial charge in [0.15, 0.2) is 0 Å². The number of nitrogens with two attached hydrogens (primary N) is 1. The third-order valence-corrected chi connectivity index (χ3v) is 3.21. The Balaban J connectivity index is 1.93. The fourth-order valence-corrected chi connectivity index (χ4v) is 2.20. The normalized spacial score (nSPS) is 15.7. The molecule has 0 atom stereocenters. The lowest BCUT2D eigenvalue weighted by Crippen LogP contribution is -2.36. The zero-order valence-electron chi connectivity index (χ0n) is 10.2. The summed E-state index contributed by atoms with van der Waals surface area (Å²) in [5, 5.41) is 5.36. The summed E-state index contributed by atoms with van der Waals surface area (Å²) in [5.41, 5.74) is 6.30. The molecule has 1 fully saturated rings. The van der Waals surface area contributed by atoms with Crippen LogP contribution in [-0.4, -0.2) is 12.1 Å². The number of hydrogen-bond donors (Lipinski definition) is 3. The molecule has 0 aromatic heterocycles. The molecule has 1 aromatic carbocycles. The molecule has 4 nitrogen and oxygen atoms in total.